The summed E-state index contributed by atoms with van der Waals surface area (Å²) in [6.07, 6.45) is -1.81. The van der Waals surface area contributed by atoms with Crippen molar-refractivity contribution in [2.45, 2.75) is 25.6 Å². The van der Waals surface area contributed by atoms with Crippen molar-refractivity contribution in [1.29, 1.82) is 0 Å². The van der Waals surface area contributed by atoms with Crippen LogP contribution in [0.3, 0.4) is 0 Å². The van der Waals surface area contributed by atoms with E-state index in [4.69, 9.17) is 5.11 Å². The van der Waals surface area contributed by atoms with Gasteiger partial charge in [0.25, 0.3) is 5.91 Å². The predicted molar refractivity (Wildman–Crippen MR) is 79.7 cm³/mol. The first kappa shape index (κ1) is 15.8. The van der Waals surface area contributed by atoms with E-state index in [1.165, 1.54) is 6.07 Å². The number of rotatable bonds is 4. The second kappa shape index (κ2) is 5.63. The number of alkyl halides is 1. The van der Waals surface area contributed by atoms with E-state index < -0.39 is 23.6 Å². The average molecular weight is 305 g/mol. The van der Waals surface area contributed by atoms with Crippen LogP contribution in [0.2, 0.25) is 0 Å². The number of phenolic OH excluding ortho intramolecular Hbond substituents is 1. The third-order valence-electron chi connectivity index (χ3n) is 3.76. The Bertz CT molecular complexity index is 744. The van der Waals surface area contributed by atoms with Crippen LogP contribution in [0.1, 0.15) is 24.2 Å². The normalized spacial score (nSPS) is 15.0. The largest absolute Gasteiger partial charge is 0.506 e. The molecule has 2 unspecified atom stereocenters. The predicted octanol–water partition coefficient (Wildman–Crippen LogP) is 2.48. The zero-order chi connectivity index (χ0) is 16.5. The Balaban J connectivity index is 2.42. The monoisotopic (exact) mass is 305 g/mol. The highest BCUT2D eigenvalue weighted by Gasteiger charge is 2.41. The van der Waals surface area contributed by atoms with Crippen LogP contribution in [0.4, 0.5) is 4.39 Å². The lowest BCUT2D eigenvalue weighted by Crippen LogP contribution is -2.57. The second-order valence-electron chi connectivity index (χ2n) is 5.26. The molecule has 1 amide bonds. The van der Waals surface area contributed by atoms with Crippen molar-refractivity contribution in [2.75, 3.05) is 0 Å². The minimum Gasteiger partial charge on any atom is -0.506 e. The number of hydrogen-bond acceptors (Lipinski definition) is 3. The minimum atomic E-state index is -2.07. The number of benzene rings is 2. The number of fused-ring (bicyclic) bond motifs is 1. The number of nitrogens with one attached hydrogen (secondary N) is 1. The van der Waals surface area contributed by atoms with E-state index >= 15 is 0 Å². The molecule has 0 aliphatic carbocycles. The lowest BCUT2D eigenvalue weighted by Gasteiger charge is -2.27. The smallest absolute Gasteiger partial charge is 0.332 e. The van der Waals surface area contributed by atoms with Gasteiger partial charge in [-0.2, -0.15) is 0 Å². The van der Waals surface area contributed by atoms with Gasteiger partial charge in [0, 0.05) is 5.39 Å². The molecule has 0 aromatic heterocycles. The topological polar surface area (TPSA) is 86.6 Å². The number of carbonyl (C=O) groups excluding carboxylic acids is 1. The Morgan fingerprint density at radius 1 is 1.23 bits per heavy atom. The summed E-state index contributed by atoms with van der Waals surface area (Å²) in [4.78, 5) is 23.4. The summed E-state index contributed by atoms with van der Waals surface area (Å²) in [6.45, 7) is 2.13. The van der Waals surface area contributed by atoms with Gasteiger partial charge >= 0.3 is 5.97 Å². The summed E-state index contributed by atoms with van der Waals surface area (Å²) in [6, 6.07) is 9.89. The van der Waals surface area contributed by atoms with Crippen LogP contribution in [0, 0.1) is 0 Å². The van der Waals surface area contributed by atoms with Gasteiger partial charge in [0.1, 0.15) is 11.9 Å². The molecule has 0 radical (unpaired) electrons. The van der Waals surface area contributed by atoms with E-state index in [1.807, 2.05) is 0 Å². The molecule has 22 heavy (non-hydrogen) atoms. The van der Waals surface area contributed by atoms with Crippen LogP contribution in [0.25, 0.3) is 10.8 Å². The fourth-order valence-electron chi connectivity index (χ4n) is 2.06. The minimum absolute atomic E-state index is 0.105. The molecule has 6 heteroatoms. The van der Waals surface area contributed by atoms with Crippen molar-refractivity contribution >= 4 is 22.6 Å². The van der Waals surface area contributed by atoms with Gasteiger partial charge in [-0.15, -0.1) is 0 Å². The molecular formula is C16H16FNO4. The van der Waals surface area contributed by atoms with E-state index in [2.05, 4.69) is 5.32 Å². The molecule has 0 spiro atoms. The molecule has 2 aromatic carbocycles. The molecule has 2 rings (SSSR count). The van der Waals surface area contributed by atoms with Crippen molar-refractivity contribution in [3.8, 4) is 5.75 Å². The number of amides is 1. The molecule has 0 aliphatic heterocycles. The number of phenols is 1. The summed E-state index contributed by atoms with van der Waals surface area (Å²) >= 11 is 0. The quantitative estimate of drug-likeness (QED) is 0.810. The molecule has 0 fully saturated rings. The Morgan fingerprint density at radius 2 is 1.86 bits per heavy atom. The van der Waals surface area contributed by atoms with Gasteiger partial charge in [0.2, 0.25) is 0 Å². The zero-order valence-electron chi connectivity index (χ0n) is 12.1. The Morgan fingerprint density at radius 3 is 2.45 bits per heavy atom. The fourth-order valence-corrected chi connectivity index (χ4v) is 2.06. The SMILES string of the molecule is CC(F)C(C)(NC(=O)c1ccc2ccccc2c1O)C(=O)O. The van der Waals surface area contributed by atoms with Crippen molar-refractivity contribution in [3.63, 3.8) is 0 Å². The van der Waals surface area contributed by atoms with Gasteiger partial charge in [-0.3, -0.25) is 4.79 Å². The van der Waals surface area contributed by atoms with Crippen LogP contribution in [0.5, 0.6) is 5.75 Å². The van der Waals surface area contributed by atoms with Crippen molar-refractivity contribution in [1.82, 2.24) is 5.32 Å². The van der Waals surface area contributed by atoms with Crippen molar-refractivity contribution in [2.24, 2.45) is 0 Å². The van der Waals surface area contributed by atoms with E-state index in [-0.39, 0.29) is 11.3 Å². The number of aliphatic carboxylic acids is 1. The maximum atomic E-state index is 13.6. The van der Waals surface area contributed by atoms with Crippen LogP contribution in [-0.2, 0) is 4.79 Å². The molecular weight excluding hydrogens is 289 g/mol. The second-order valence-corrected chi connectivity index (χ2v) is 5.26. The Kier molecular flexibility index (Phi) is 4.03. The van der Waals surface area contributed by atoms with Crippen LogP contribution < -0.4 is 5.32 Å². The zero-order valence-corrected chi connectivity index (χ0v) is 12.1. The molecule has 116 valence electrons. The highest BCUT2D eigenvalue weighted by molar-refractivity contribution is 6.05. The van der Waals surface area contributed by atoms with Gasteiger partial charge in [-0.05, 0) is 25.3 Å². The third-order valence-corrected chi connectivity index (χ3v) is 3.76. The molecule has 0 heterocycles. The Hall–Kier alpha value is -2.63. The summed E-state index contributed by atoms with van der Waals surface area (Å²) in [5, 5.41) is 22.6. The maximum Gasteiger partial charge on any atom is 0.332 e. The van der Waals surface area contributed by atoms with Gasteiger partial charge in [0.15, 0.2) is 5.54 Å². The van der Waals surface area contributed by atoms with E-state index in [1.54, 1.807) is 30.3 Å². The highest BCUT2D eigenvalue weighted by Crippen LogP contribution is 2.29. The number of carboxylic acids is 1. The highest BCUT2D eigenvalue weighted by atomic mass is 19.1. The molecule has 0 saturated carbocycles. The van der Waals surface area contributed by atoms with E-state index in [0.29, 0.717) is 5.39 Å². The van der Waals surface area contributed by atoms with Gasteiger partial charge in [-0.1, -0.05) is 30.3 Å². The molecule has 2 aromatic rings. The Labute approximate surface area is 126 Å². The lowest BCUT2D eigenvalue weighted by atomic mass is 9.96. The molecule has 5 nitrogen and oxygen atoms in total. The maximum absolute atomic E-state index is 13.6. The standard InChI is InChI=1S/C16H16FNO4/c1-9(17)16(2,15(21)22)18-14(20)12-8-7-10-5-3-4-6-11(10)13(12)19/h3-9,19H,1-2H3,(H,18,20)(H,21,22). The summed E-state index contributed by atoms with van der Waals surface area (Å²) < 4.78 is 13.6. The summed E-state index contributed by atoms with van der Waals surface area (Å²) in [5.74, 6) is -2.61. The number of carboxylic acid groups (broad SMARTS) is 1. The average Bonchev–Trinajstić information content (AvgIpc) is 2.47. The van der Waals surface area contributed by atoms with Gasteiger partial charge < -0.3 is 15.5 Å². The summed E-state index contributed by atoms with van der Waals surface area (Å²) in [5.41, 5.74) is -2.18. The van der Waals surface area contributed by atoms with Gasteiger partial charge in [-0.25, -0.2) is 9.18 Å². The molecule has 2 atom stereocenters. The first-order valence-electron chi connectivity index (χ1n) is 6.68. The van der Waals surface area contributed by atoms with Crippen molar-refractivity contribution in [3.05, 3.63) is 42.0 Å². The van der Waals surface area contributed by atoms with Crippen LogP contribution in [0.15, 0.2) is 36.4 Å². The molecule has 3 N–H and O–H groups in total. The van der Waals surface area contributed by atoms with Crippen LogP contribution >= 0.6 is 0 Å². The van der Waals surface area contributed by atoms with Crippen LogP contribution in [-0.4, -0.2) is 33.8 Å². The first-order chi connectivity index (χ1) is 10.3. The first-order valence-corrected chi connectivity index (χ1v) is 6.68. The van der Waals surface area contributed by atoms with Gasteiger partial charge in [0.05, 0.1) is 5.56 Å². The molecule has 0 aliphatic rings. The number of hydrogen-bond donors (Lipinski definition) is 3. The molecule has 0 saturated heterocycles. The number of halogens is 1. The number of carbonyl (C=O) groups is 2. The van der Waals surface area contributed by atoms with E-state index in [9.17, 15) is 19.1 Å². The molecule has 0 bridgehead atoms. The number of aromatic hydroxyl groups is 1. The van der Waals surface area contributed by atoms with E-state index in [0.717, 1.165) is 19.2 Å². The lowest BCUT2D eigenvalue weighted by molar-refractivity contribution is -0.146. The summed E-state index contributed by atoms with van der Waals surface area (Å²) in [7, 11) is 0. The fraction of sp³-hybridized carbons (Fsp3) is 0.250. The van der Waals surface area contributed by atoms with Crippen molar-refractivity contribution < 1.29 is 24.2 Å². The third kappa shape index (κ3) is 2.59.